The molecule has 4 atom stereocenters. The predicted octanol–water partition coefficient (Wildman–Crippen LogP) is -3.99. The van der Waals surface area contributed by atoms with E-state index in [9.17, 15) is 24.9 Å². The van der Waals surface area contributed by atoms with E-state index in [0.717, 1.165) is 4.90 Å². The van der Waals surface area contributed by atoms with Crippen LogP contribution >= 0.6 is 0 Å². The number of hydrogen-bond donors (Lipinski definition) is 6. The number of aliphatic carboxylic acids is 1. The number of carboxylic acid groups (broad SMARTS) is 1. The highest BCUT2D eigenvalue weighted by atomic mass is 16.4. The summed E-state index contributed by atoms with van der Waals surface area (Å²) in [6, 6.07) is 0. The topological polar surface area (TPSA) is 159 Å². The van der Waals surface area contributed by atoms with Gasteiger partial charge in [-0.25, -0.2) is 4.79 Å². The highest BCUT2D eigenvalue weighted by Crippen LogP contribution is 2.06. The summed E-state index contributed by atoms with van der Waals surface area (Å²) in [5.74, 6) is -2.70. The van der Waals surface area contributed by atoms with E-state index >= 15 is 0 Å². The molecule has 0 aromatic heterocycles. The quantitative estimate of drug-likeness (QED) is 0.232. The minimum Gasteiger partial charge on any atom is -0.475 e. The van der Waals surface area contributed by atoms with Gasteiger partial charge in [-0.05, 0) is 7.05 Å². The summed E-state index contributed by atoms with van der Waals surface area (Å²) in [6.07, 6.45) is -6.65. The summed E-state index contributed by atoms with van der Waals surface area (Å²) in [6.45, 7) is -1.56. The lowest BCUT2D eigenvalue weighted by Crippen LogP contribution is -2.49. The Kier molecular flexibility index (Phi) is 7.68. The van der Waals surface area contributed by atoms with Crippen molar-refractivity contribution in [3.05, 3.63) is 0 Å². The molecule has 0 aromatic carbocycles. The van der Waals surface area contributed by atoms with Gasteiger partial charge in [-0.15, -0.1) is 0 Å². The summed E-state index contributed by atoms with van der Waals surface area (Å²) >= 11 is 0. The van der Waals surface area contributed by atoms with Crippen LogP contribution in [-0.4, -0.2) is 98.5 Å². The number of aliphatic hydroxyl groups excluding tert-OH is 5. The number of hydrogen-bond acceptors (Lipinski definition) is 8. The number of Topliss-reactive ketones (excluding diaryl/α,β-unsaturated/α-hetero) is 1. The van der Waals surface area contributed by atoms with Crippen LogP contribution in [0.1, 0.15) is 0 Å². The highest BCUT2D eigenvalue weighted by molar-refractivity contribution is 6.33. The lowest BCUT2D eigenvalue weighted by atomic mass is 10.0. The van der Waals surface area contributed by atoms with Crippen molar-refractivity contribution in [2.45, 2.75) is 24.4 Å². The van der Waals surface area contributed by atoms with Crippen LogP contribution in [0, 0.1) is 0 Å². The predicted molar refractivity (Wildman–Crippen MR) is 61.3 cm³/mol. The van der Waals surface area contributed by atoms with Gasteiger partial charge in [-0.2, -0.15) is 0 Å². The molecule has 0 saturated carbocycles. The Morgan fingerprint density at radius 1 is 1.05 bits per heavy atom. The Balaban J connectivity index is 4.32. The lowest BCUT2D eigenvalue weighted by Gasteiger charge is -2.28. The first-order valence-corrected chi connectivity index (χ1v) is 5.48. The van der Waals surface area contributed by atoms with Gasteiger partial charge in [0.15, 0.2) is 0 Å². The fourth-order valence-electron chi connectivity index (χ4n) is 1.37. The number of likely N-dealkylation sites (N-methyl/N-ethyl adjacent to an activating group) is 1. The third kappa shape index (κ3) is 6.05. The van der Waals surface area contributed by atoms with Crippen LogP contribution in [-0.2, 0) is 9.59 Å². The minimum atomic E-state index is -1.76. The van der Waals surface area contributed by atoms with Gasteiger partial charge in [0, 0.05) is 6.54 Å². The van der Waals surface area contributed by atoms with Gasteiger partial charge in [0.2, 0.25) is 0 Å². The van der Waals surface area contributed by atoms with Crippen molar-refractivity contribution in [1.29, 1.82) is 0 Å². The standard InChI is InChI=1S/C10H19NO8/c1-11(3-6(14)10(18)19)2-5(13)8(16)9(17)7(15)4-12/h5,7-9,12-13,15-17H,2-4H2,1H3,(H,18,19)/t5-,7+,8+,9+/m0/s1. The molecule has 112 valence electrons. The van der Waals surface area contributed by atoms with Crippen molar-refractivity contribution in [3.63, 3.8) is 0 Å². The van der Waals surface area contributed by atoms with Crippen LogP contribution in [0.5, 0.6) is 0 Å². The first-order valence-electron chi connectivity index (χ1n) is 5.48. The second kappa shape index (κ2) is 8.15. The molecule has 0 bridgehead atoms. The van der Waals surface area contributed by atoms with Crippen molar-refractivity contribution < 1.29 is 40.2 Å². The molecule has 9 nitrogen and oxygen atoms in total. The molecular formula is C10H19NO8. The van der Waals surface area contributed by atoms with Gasteiger partial charge in [0.05, 0.1) is 19.3 Å². The van der Waals surface area contributed by atoms with Crippen molar-refractivity contribution in [2.75, 3.05) is 26.7 Å². The number of carboxylic acids is 1. The van der Waals surface area contributed by atoms with Crippen molar-refractivity contribution in [1.82, 2.24) is 4.90 Å². The normalized spacial score (nSPS) is 17.8. The largest absolute Gasteiger partial charge is 0.475 e. The fraction of sp³-hybridized carbons (Fsp3) is 0.800. The molecule has 0 fully saturated rings. The second-order valence-electron chi connectivity index (χ2n) is 4.22. The van der Waals surface area contributed by atoms with E-state index in [4.69, 9.17) is 15.3 Å². The molecule has 0 aliphatic heterocycles. The molecule has 19 heavy (non-hydrogen) atoms. The van der Waals surface area contributed by atoms with E-state index in [1.165, 1.54) is 7.05 Å². The van der Waals surface area contributed by atoms with E-state index in [0.29, 0.717) is 0 Å². The number of aliphatic hydroxyl groups is 5. The van der Waals surface area contributed by atoms with Gasteiger partial charge in [-0.1, -0.05) is 0 Å². The summed E-state index contributed by atoms with van der Waals surface area (Å²) < 4.78 is 0. The maximum absolute atomic E-state index is 10.9. The van der Waals surface area contributed by atoms with Crippen LogP contribution in [0.15, 0.2) is 0 Å². The number of rotatable bonds is 9. The van der Waals surface area contributed by atoms with Crippen molar-refractivity contribution in [2.24, 2.45) is 0 Å². The lowest BCUT2D eigenvalue weighted by molar-refractivity contribution is -0.150. The molecule has 0 radical (unpaired) electrons. The summed E-state index contributed by atoms with van der Waals surface area (Å²) in [4.78, 5) is 22.3. The first kappa shape index (κ1) is 17.9. The van der Waals surface area contributed by atoms with E-state index in [1.54, 1.807) is 0 Å². The molecule has 0 heterocycles. The highest BCUT2D eigenvalue weighted by Gasteiger charge is 2.31. The molecule has 9 heteroatoms. The average Bonchev–Trinajstić information content (AvgIpc) is 2.35. The zero-order chi connectivity index (χ0) is 15.2. The zero-order valence-electron chi connectivity index (χ0n) is 10.4. The summed E-state index contributed by atoms with van der Waals surface area (Å²) in [5.41, 5.74) is 0. The molecule has 0 spiro atoms. The van der Waals surface area contributed by atoms with E-state index in [1.807, 2.05) is 0 Å². The van der Waals surface area contributed by atoms with Gasteiger partial charge in [-0.3, -0.25) is 9.69 Å². The van der Waals surface area contributed by atoms with Gasteiger partial charge >= 0.3 is 5.97 Å². The van der Waals surface area contributed by atoms with Crippen molar-refractivity contribution >= 4 is 11.8 Å². The molecule has 6 N–H and O–H groups in total. The molecule has 0 aliphatic carbocycles. The average molecular weight is 281 g/mol. The second-order valence-corrected chi connectivity index (χ2v) is 4.22. The smallest absolute Gasteiger partial charge is 0.373 e. The van der Waals surface area contributed by atoms with Crippen LogP contribution in [0.2, 0.25) is 0 Å². The maximum atomic E-state index is 10.9. The summed E-state index contributed by atoms with van der Waals surface area (Å²) in [5, 5.41) is 54.4. The third-order valence-electron chi connectivity index (χ3n) is 2.48. The Bertz CT molecular complexity index is 310. The first-order chi connectivity index (χ1) is 8.70. The number of nitrogens with zero attached hydrogens (tertiary/aromatic N) is 1. The molecule has 0 unspecified atom stereocenters. The Labute approximate surface area is 109 Å². The minimum absolute atomic E-state index is 0.296. The maximum Gasteiger partial charge on any atom is 0.373 e. The fourth-order valence-corrected chi connectivity index (χ4v) is 1.37. The Morgan fingerprint density at radius 3 is 1.95 bits per heavy atom. The molecule has 0 amide bonds. The summed E-state index contributed by atoms with van der Waals surface area (Å²) in [7, 11) is 1.34. The molecule has 0 aliphatic rings. The molecule has 0 rings (SSSR count). The number of carbonyl (C=O) groups is 2. The number of carbonyl (C=O) groups excluding carboxylic acids is 1. The molecule has 0 saturated heterocycles. The third-order valence-corrected chi connectivity index (χ3v) is 2.48. The van der Waals surface area contributed by atoms with Crippen LogP contribution < -0.4 is 0 Å². The van der Waals surface area contributed by atoms with Crippen molar-refractivity contribution in [3.8, 4) is 0 Å². The Hall–Kier alpha value is -1.10. The molecule has 0 aromatic rings. The Morgan fingerprint density at radius 2 is 1.53 bits per heavy atom. The van der Waals surface area contributed by atoms with Crippen LogP contribution in [0.4, 0.5) is 0 Å². The van der Waals surface area contributed by atoms with E-state index < -0.39 is 49.3 Å². The van der Waals surface area contributed by atoms with Gasteiger partial charge < -0.3 is 30.6 Å². The monoisotopic (exact) mass is 281 g/mol. The van der Waals surface area contributed by atoms with Gasteiger partial charge in [0.1, 0.15) is 18.3 Å². The SMILES string of the molecule is CN(CC(=O)C(=O)O)C[C@H](O)[C@@H](O)[C@H](O)[C@H](O)CO. The van der Waals surface area contributed by atoms with Crippen LogP contribution in [0.3, 0.4) is 0 Å². The molecular weight excluding hydrogens is 262 g/mol. The van der Waals surface area contributed by atoms with E-state index in [-0.39, 0.29) is 6.54 Å². The van der Waals surface area contributed by atoms with Gasteiger partial charge in [0.25, 0.3) is 5.78 Å². The number of ketones is 1. The van der Waals surface area contributed by atoms with E-state index in [2.05, 4.69) is 0 Å². The zero-order valence-corrected chi connectivity index (χ0v) is 10.4. The van der Waals surface area contributed by atoms with Crippen LogP contribution in [0.25, 0.3) is 0 Å².